The van der Waals surface area contributed by atoms with Gasteiger partial charge in [0.25, 0.3) is 4.92 Å². The molecule has 1 amide bonds. The second kappa shape index (κ2) is 5.56. The molecule has 0 bridgehead atoms. The van der Waals surface area contributed by atoms with Crippen molar-refractivity contribution in [3.8, 4) is 6.07 Å². The minimum Gasteiger partial charge on any atom is -0.368 e. The third kappa shape index (κ3) is 3.03. The van der Waals surface area contributed by atoms with Crippen LogP contribution in [0.1, 0.15) is 17.0 Å². The number of halogens is 3. The monoisotopic (exact) mass is 288 g/mol. The smallest absolute Gasteiger partial charge is 0.368 e. The molecule has 1 unspecified atom stereocenters. The van der Waals surface area contributed by atoms with E-state index in [4.69, 9.17) is 11.0 Å². The number of carbonyl (C=O) groups excluding carboxylic acids is 1. The lowest BCUT2D eigenvalue weighted by atomic mass is 9.96. The van der Waals surface area contributed by atoms with Crippen molar-refractivity contribution >= 4 is 11.6 Å². The highest BCUT2D eigenvalue weighted by Gasteiger charge is 2.36. The zero-order valence-electron chi connectivity index (χ0n) is 10.1. The van der Waals surface area contributed by atoms with E-state index in [0.29, 0.717) is 12.1 Å². The van der Waals surface area contributed by atoms with Crippen LogP contribution in [0.15, 0.2) is 18.2 Å². The predicted molar refractivity (Wildman–Crippen MR) is 59.3 cm³/mol. The van der Waals surface area contributed by atoms with Gasteiger partial charge in [-0.05, 0) is 12.1 Å². The minimum absolute atomic E-state index is 0.224. The van der Waals surface area contributed by atoms with Gasteiger partial charge >= 0.3 is 11.9 Å². The molecule has 106 valence electrons. The van der Waals surface area contributed by atoms with E-state index in [-0.39, 0.29) is 10.5 Å². The number of nitrogens with two attached hydrogens (primary N) is 1. The summed E-state index contributed by atoms with van der Waals surface area (Å²) in [6, 6.07) is 3.50. The molecule has 0 fully saturated rings. The Kier molecular flexibility index (Phi) is 4.29. The van der Waals surface area contributed by atoms with Crippen molar-refractivity contribution in [1.29, 1.82) is 5.26 Å². The lowest BCUT2D eigenvalue weighted by molar-refractivity contribution is -0.737. The van der Waals surface area contributed by atoms with Gasteiger partial charge < -0.3 is 5.73 Å². The number of nitrogens with zero attached hydrogens (tertiary/aromatic N) is 2. The molecule has 6 nitrogen and oxygen atoms in total. The van der Waals surface area contributed by atoms with E-state index in [9.17, 15) is 22.9 Å². The first-order chi connectivity index (χ1) is 9.22. The molecule has 2 N–H and O–H groups in total. The Morgan fingerprint density at radius 1 is 1.50 bits per heavy atom. The van der Waals surface area contributed by atoms with Crippen molar-refractivity contribution in [3.05, 3.63) is 34.2 Å². The molecule has 0 aliphatic heterocycles. The standard InChI is InChI=1S/C11H8F3N3O3/c1-20-17(19)9-4-6(11(12,13)14)2-3-7(9)8(5-15)10(16)18/h2-4,8H,1H3,(H-,16,18)/p+1. The molecule has 1 atom stereocenters. The zero-order valence-corrected chi connectivity index (χ0v) is 10.1. The molecule has 0 radical (unpaired) electrons. The van der Waals surface area contributed by atoms with E-state index in [1.165, 1.54) is 6.07 Å². The lowest BCUT2D eigenvalue weighted by Gasteiger charge is -2.09. The van der Waals surface area contributed by atoms with E-state index in [2.05, 4.69) is 4.84 Å². The van der Waals surface area contributed by atoms with Crippen LogP contribution in [0.3, 0.4) is 0 Å². The number of hydrogen-bond donors (Lipinski definition) is 1. The van der Waals surface area contributed by atoms with Gasteiger partial charge in [-0.15, -0.1) is 0 Å². The topological polar surface area (TPSA) is 96.2 Å². The summed E-state index contributed by atoms with van der Waals surface area (Å²) >= 11 is 0. The molecular formula is C11H9F3N3O3+. The Bertz CT molecular complexity index is 593. The van der Waals surface area contributed by atoms with Gasteiger partial charge in [-0.25, -0.2) is 4.84 Å². The second-order valence-corrected chi connectivity index (χ2v) is 3.68. The van der Waals surface area contributed by atoms with Crippen LogP contribution in [-0.4, -0.2) is 17.9 Å². The molecule has 1 aromatic carbocycles. The number of alkyl halides is 3. The molecule has 0 aliphatic carbocycles. The number of benzene rings is 1. The SMILES string of the molecule is CO[N+](=O)c1cc(C(F)(F)F)ccc1C(C#N)C(N)=O. The van der Waals surface area contributed by atoms with Crippen molar-refractivity contribution in [2.75, 3.05) is 7.11 Å². The summed E-state index contributed by atoms with van der Waals surface area (Å²) in [6.07, 6.45) is -4.68. The van der Waals surface area contributed by atoms with Gasteiger partial charge in [0, 0.05) is 6.07 Å². The van der Waals surface area contributed by atoms with Crippen molar-refractivity contribution in [1.82, 2.24) is 0 Å². The number of carbonyl (C=O) groups is 1. The first kappa shape index (κ1) is 15.4. The van der Waals surface area contributed by atoms with E-state index in [1.807, 2.05) is 0 Å². The maximum absolute atomic E-state index is 12.6. The molecule has 0 aromatic heterocycles. The third-order valence-corrected chi connectivity index (χ3v) is 2.44. The van der Waals surface area contributed by atoms with Crippen molar-refractivity contribution in [2.45, 2.75) is 12.1 Å². The van der Waals surface area contributed by atoms with Gasteiger partial charge in [0.15, 0.2) is 13.0 Å². The zero-order chi connectivity index (χ0) is 15.5. The summed E-state index contributed by atoms with van der Waals surface area (Å²) in [7, 11) is 0.933. The Hall–Kier alpha value is -2.63. The van der Waals surface area contributed by atoms with Crippen LogP contribution in [-0.2, 0) is 15.8 Å². The Balaban J connectivity index is 3.50. The molecule has 0 saturated heterocycles. The van der Waals surface area contributed by atoms with Crippen molar-refractivity contribution in [2.24, 2.45) is 5.73 Å². The molecular weight excluding hydrogens is 279 g/mol. The molecule has 1 aromatic rings. The highest BCUT2D eigenvalue weighted by Crippen LogP contribution is 2.35. The van der Waals surface area contributed by atoms with Gasteiger partial charge in [0.1, 0.15) is 0 Å². The van der Waals surface area contributed by atoms with Crippen molar-refractivity contribution in [3.63, 3.8) is 0 Å². The first-order valence-corrected chi connectivity index (χ1v) is 5.13. The fourth-order valence-corrected chi connectivity index (χ4v) is 1.51. The average Bonchev–Trinajstić information content (AvgIpc) is 2.37. The highest BCUT2D eigenvalue weighted by molar-refractivity contribution is 5.86. The largest absolute Gasteiger partial charge is 0.416 e. The van der Waals surface area contributed by atoms with Gasteiger partial charge in [-0.3, -0.25) is 4.79 Å². The summed E-state index contributed by atoms with van der Waals surface area (Å²) in [4.78, 5) is 26.6. The van der Waals surface area contributed by atoms with Gasteiger partial charge in [-0.1, -0.05) is 0 Å². The van der Waals surface area contributed by atoms with E-state index >= 15 is 0 Å². The van der Waals surface area contributed by atoms with Crippen LogP contribution in [0.25, 0.3) is 0 Å². The summed E-state index contributed by atoms with van der Waals surface area (Å²) in [6.45, 7) is 0. The van der Waals surface area contributed by atoms with Crippen LogP contribution in [0.4, 0.5) is 18.9 Å². The van der Waals surface area contributed by atoms with Gasteiger partial charge in [-0.2, -0.15) is 18.4 Å². The van der Waals surface area contributed by atoms with Crippen LogP contribution in [0.2, 0.25) is 0 Å². The number of hydrogen-bond acceptors (Lipinski definition) is 4. The lowest BCUT2D eigenvalue weighted by Crippen LogP contribution is -2.21. The second-order valence-electron chi connectivity index (χ2n) is 3.68. The van der Waals surface area contributed by atoms with Crippen molar-refractivity contribution < 1.29 is 27.7 Å². The normalized spacial score (nSPS) is 12.3. The van der Waals surface area contributed by atoms with Gasteiger partial charge in [0.2, 0.25) is 5.91 Å². The fourth-order valence-electron chi connectivity index (χ4n) is 1.51. The highest BCUT2D eigenvalue weighted by atomic mass is 19.4. The van der Waals surface area contributed by atoms with Crippen LogP contribution >= 0.6 is 0 Å². The minimum atomic E-state index is -4.68. The summed E-state index contributed by atoms with van der Waals surface area (Å²) in [5.41, 5.74) is 2.99. The van der Waals surface area contributed by atoms with E-state index < -0.39 is 29.3 Å². The Morgan fingerprint density at radius 3 is 2.50 bits per heavy atom. The maximum Gasteiger partial charge on any atom is 0.416 e. The van der Waals surface area contributed by atoms with Gasteiger partial charge in [0.05, 0.1) is 22.1 Å². The quantitative estimate of drug-likeness (QED) is 0.854. The molecule has 0 aliphatic rings. The molecule has 0 saturated carbocycles. The van der Waals surface area contributed by atoms with Crippen LogP contribution in [0.5, 0.6) is 0 Å². The van der Waals surface area contributed by atoms with E-state index in [1.54, 1.807) is 0 Å². The van der Waals surface area contributed by atoms with E-state index in [0.717, 1.165) is 13.2 Å². The third-order valence-electron chi connectivity index (χ3n) is 2.44. The first-order valence-electron chi connectivity index (χ1n) is 5.13. The number of amides is 1. The van der Waals surface area contributed by atoms with Crippen LogP contribution < -0.4 is 5.73 Å². The fraction of sp³-hybridized carbons (Fsp3) is 0.273. The molecule has 1 rings (SSSR count). The van der Waals surface area contributed by atoms with Crippen LogP contribution in [0, 0.1) is 16.2 Å². The molecule has 0 spiro atoms. The number of rotatable bonds is 4. The predicted octanol–water partition coefficient (Wildman–Crippen LogP) is 1.77. The molecule has 9 heteroatoms. The number of primary amides is 1. The summed E-state index contributed by atoms with van der Waals surface area (Å²) in [5, 5.41) is 8.82. The maximum atomic E-state index is 12.6. The summed E-state index contributed by atoms with van der Waals surface area (Å²) < 4.78 is 37.8. The average molecular weight is 288 g/mol. The molecule has 0 heterocycles. The Labute approximate surface area is 111 Å². The number of nitriles is 1. The Morgan fingerprint density at radius 2 is 2.10 bits per heavy atom. The summed E-state index contributed by atoms with van der Waals surface area (Å²) in [5.74, 6) is -2.64. The molecule has 20 heavy (non-hydrogen) atoms.